The van der Waals surface area contributed by atoms with Crippen LogP contribution in [0.4, 0.5) is 0 Å². The second-order valence-electron chi connectivity index (χ2n) is 4.31. The predicted molar refractivity (Wildman–Crippen MR) is 78.8 cm³/mol. The summed E-state index contributed by atoms with van der Waals surface area (Å²) < 4.78 is 26.3. The summed E-state index contributed by atoms with van der Waals surface area (Å²) in [7, 11) is -3.51. The minimum Gasteiger partial charge on any atom is -0.351 e. The molecule has 2 N–H and O–H groups in total. The maximum atomic E-state index is 11.9. The summed E-state index contributed by atoms with van der Waals surface area (Å²) in [5.74, 6) is -0.221. The fourth-order valence-corrected chi connectivity index (χ4v) is 2.49. The van der Waals surface area contributed by atoms with Gasteiger partial charge >= 0.3 is 0 Å². The molecule has 0 aliphatic carbocycles. The highest BCUT2D eigenvalue weighted by molar-refractivity contribution is 7.89. The summed E-state index contributed by atoms with van der Waals surface area (Å²) >= 11 is 0. The smallest absolute Gasteiger partial charge is 0.243 e. The Bertz CT molecular complexity index is 563. The third-order valence-corrected chi connectivity index (χ3v) is 4.03. The lowest BCUT2D eigenvalue weighted by Gasteiger charge is -2.07. The fourth-order valence-electron chi connectivity index (χ4n) is 1.46. The van der Waals surface area contributed by atoms with Crippen molar-refractivity contribution in [3.8, 4) is 0 Å². The van der Waals surface area contributed by atoms with Crippen LogP contribution in [0.5, 0.6) is 0 Å². The molecule has 0 bridgehead atoms. The molecule has 5 nitrogen and oxygen atoms in total. The van der Waals surface area contributed by atoms with E-state index in [2.05, 4.69) is 10.0 Å². The first-order chi connectivity index (χ1) is 9.45. The summed E-state index contributed by atoms with van der Waals surface area (Å²) in [5, 5.41) is 2.60. The summed E-state index contributed by atoms with van der Waals surface area (Å²) in [6, 6.07) is 6.60. The van der Waals surface area contributed by atoms with Gasteiger partial charge in [-0.15, -0.1) is 0 Å². The molecule has 0 fully saturated rings. The molecule has 1 aromatic rings. The van der Waals surface area contributed by atoms with Gasteiger partial charge < -0.3 is 5.32 Å². The lowest BCUT2D eigenvalue weighted by Crippen LogP contribution is -2.34. The van der Waals surface area contributed by atoms with Gasteiger partial charge in [-0.25, -0.2) is 13.1 Å². The van der Waals surface area contributed by atoms with Crippen LogP contribution in [0, 0.1) is 6.92 Å². The number of aryl methyl sites for hydroxylation is 1. The van der Waals surface area contributed by atoms with Crippen LogP contribution in [0.15, 0.2) is 41.3 Å². The van der Waals surface area contributed by atoms with Crippen LogP contribution in [0.25, 0.3) is 0 Å². The first-order valence-corrected chi connectivity index (χ1v) is 7.94. The molecule has 1 aromatic carbocycles. The van der Waals surface area contributed by atoms with E-state index in [1.54, 1.807) is 30.3 Å². The zero-order valence-corrected chi connectivity index (χ0v) is 12.5. The van der Waals surface area contributed by atoms with E-state index in [1.165, 1.54) is 6.08 Å². The van der Waals surface area contributed by atoms with E-state index in [4.69, 9.17) is 0 Å². The van der Waals surface area contributed by atoms with Crippen LogP contribution in [0.1, 0.15) is 18.9 Å². The number of rotatable bonds is 7. The maximum Gasteiger partial charge on any atom is 0.243 e. The van der Waals surface area contributed by atoms with E-state index in [0.29, 0.717) is 0 Å². The van der Waals surface area contributed by atoms with Gasteiger partial charge in [0.2, 0.25) is 15.9 Å². The predicted octanol–water partition coefficient (Wildman–Crippen LogP) is 1.36. The van der Waals surface area contributed by atoms with E-state index in [0.717, 1.165) is 12.0 Å². The minimum atomic E-state index is -3.51. The lowest BCUT2D eigenvalue weighted by atomic mass is 10.2. The van der Waals surface area contributed by atoms with Crippen molar-refractivity contribution in [2.24, 2.45) is 0 Å². The third-order valence-electron chi connectivity index (χ3n) is 2.55. The van der Waals surface area contributed by atoms with Gasteiger partial charge in [0.05, 0.1) is 4.90 Å². The van der Waals surface area contributed by atoms with Gasteiger partial charge in [0, 0.05) is 13.1 Å². The van der Waals surface area contributed by atoms with Crippen molar-refractivity contribution in [1.82, 2.24) is 10.0 Å². The van der Waals surface area contributed by atoms with Gasteiger partial charge in [0.15, 0.2) is 0 Å². The van der Waals surface area contributed by atoms with Crippen LogP contribution in [0.3, 0.4) is 0 Å². The van der Waals surface area contributed by atoms with Crippen LogP contribution in [0.2, 0.25) is 0 Å². The zero-order valence-electron chi connectivity index (χ0n) is 11.7. The topological polar surface area (TPSA) is 75.3 Å². The Morgan fingerprint density at radius 1 is 1.20 bits per heavy atom. The quantitative estimate of drug-likeness (QED) is 0.589. The van der Waals surface area contributed by atoms with Crippen molar-refractivity contribution in [3.63, 3.8) is 0 Å². The van der Waals surface area contributed by atoms with Gasteiger partial charge in [-0.1, -0.05) is 30.7 Å². The fraction of sp³-hybridized carbons (Fsp3) is 0.357. The lowest BCUT2D eigenvalue weighted by molar-refractivity contribution is -0.116. The van der Waals surface area contributed by atoms with E-state index < -0.39 is 10.0 Å². The molecule has 0 aliphatic heterocycles. The van der Waals surface area contributed by atoms with Crippen molar-refractivity contribution in [2.75, 3.05) is 13.1 Å². The Hall–Kier alpha value is -1.66. The number of carbonyl (C=O) groups is 1. The molecule has 1 rings (SSSR count). The van der Waals surface area contributed by atoms with Crippen molar-refractivity contribution < 1.29 is 13.2 Å². The molecule has 6 heteroatoms. The number of sulfonamides is 1. The normalized spacial score (nSPS) is 11.7. The molecule has 0 heterocycles. The molecule has 20 heavy (non-hydrogen) atoms. The van der Waals surface area contributed by atoms with Crippen LogP contribution in [-0.2, 0) is 14.8 Å². The van der Waals surface area contributed by atoms with E-state index in [-0.39, 0.29) is 23.9 Å². The Morgan fingerprint density at radius 2 is 1.85 bits per heavy atom. The number of carbonyl (C=O) groups excluding carboxylic acids is 1. The molecule has 0 aliphatic rings. The first kappa shape index (κ1) is 16.4. The standard InChI is InChI=1S/C14H20N2O3S/c1-3-4-5-14(17)15-10-11-16-20(18,19)13-8-6-12(2)7-9-13/h4-9,16H,3,10-11H2,1-2H3,(H,15,17). The summed E-state index contributed by atoms with van der Waals surface area (Å²) in [6.07, 6.45) is 3.97. The highest BCUT2D eigenvalue weighted by atomic mass is 32.2. The Kier molecular flexibility index (Phi) is 6.41. The molecule has 0 spiro atoms. The second-order valence-corrected chi connectivity index (χ2v) is 6.08. The van der Waals surface area contributed by atoms with Crippen molar-refractivity contribution in [2.45, 2.75) is 25.2 Å². The zero-order chi connectivity index (χ0) is 15.0. The average Bonchev–Trinajstić information content (AvgIpc) is 2.42. The van der Waals surface area contributed by atoms with Gasteiger partial charge in [0.1, 0.15) is 0 Å². The number of amides is 1. The number of hydrogen-bond donors (Lipinski definition) is 2. The maximum absolute atomic E-state index is 11.9. The van der Waals surface area contributed by atoms with Crippen molar-refractivity contribution in [1.29, 1.82) is 0 Å². The number of nitrogens with one attached hydrogen (secondary N) is 2. The average molecular weight is 296 g/mol. The molecule has 0 aromatic heterocycles. The number of benzene rings is 1. The number of allylic oxidation sites excluding steroid dienone is 1. The van der Waals surface area contributed by atoms with E-state index >= 15 is 0 Å². The van der Waals surface area contributed by atoms with Crippen LogP contribution < -0.4 is 10.0 Å². The Labute approximate surface area is 120 Å². The molecule has 0 saturated heterocycles. The van der Waals surface area contributed by atoms with E-state index in [1.807, 2.05) is 13.8 Å². The SMILES string of the molecule is CCC=CC(=O)NCCNS(=O)(=O)c1ccc(C)cc1. The summed E-state index contributed by atoms with van der Waals surface area (Å²) in [6.45, 7) is 4.22. The van der Waals surface area contributed by atoms with Crippen molar-refractivity contribution >= 4 is 15.9 Å². The number of hydrogen-bond acceptors (Lipinski definition) is 3. The van der Waals surface area contributed by atoms with Gasteiger partial charge in [0.25, 0.3) is 0 Å². The molecular weight excluding hydrogens is 276 g/mol. The molecule has 0 saturated carbocycles. The first-order valence-electron chi connectivity index (χ1n) is 6.46. The van der Waals surface area contributed by atoms with Crippen LogP contribution >= 0.6 is 0 Å². The molecule has 1 amide bonds. The summed E-state index contributed by atoms with van der Waals surface area (Å²) in [5.41, 5.74) is 0.999. The van der Waals surface area contributed by atoms with Gasteiger partial charge in [-0.05, 0) is 31.6 Å². The third kappa shape index (κ3) is 5.54. The highest BCUT2D eigenvalue weighted by Gasteiger charge is 2.12. The second kappa shape index (κ2) is 7.81. The molecule has 110 valence electrons. The van der Waals surface area contributed by atoms with Crippen LogP contribution in [-0.4, -0.2) is 27.4 Å². The molecule has 0 unspecified atom stereocenters. The Balaban J connectivity index is 2.43. The molecule has 0 atom stereocenters. The Morgan fingerprint density at radius 3 is 2.45 bits per heavy atom. The highest BCUT2D eigenvalue weighted by Crippen LogP contribution is 2.09. The summed E-state index contributed by atoms with van der Waals surface area (Å²) in [4.78, 5) is 11.5. The van der Waals surface area contributed by atoms with Crippen molar-refractivity contribution in [3.05, 3.63) is 42.0 Å². The minimum absolute atomic E-state index is 0.155. The van der Waals surface area contributed by atoms with E-state index in [9.17, 15) is 13.2 Å². The largest absolute Gasteiger partial charge is 0.351 e. The molecular formula is C14H20N2O3S. The monoisotopic (exact) mass is 296 g/mol. The van der Waals surface area contributed by atoms with Gasteiger partial charge in [-0.3, -0.25) is 4.79 Å². The van der Waals surface area contributed by atoms with Gasteiger partial charge in [-0.2, -0.15) is 0 Å². The molecule has 0 radical (unpaired) electrons.